The number of carbonyl (C=O) groups is 1. The Bertz CT molecular complexity index is 407. The van der Waals surface area contributed by atoms with Gasteiger partial charge in [0.05, 0.1) is 7.11 Å². The smallest absolute Gasteiger partial charge is 0.186 e. The molecule has 0 spiro atoms. The summed E-state index contributed by atoms with van der Waals surface area (Å²) in [6.07, 6.45) is 2.10. The first-order valence-electron chi connectivity index (χ1n) is 4.31. The van der Waals surface area contributed by atoms with Crippen LogP contribution in [0.4, 0.5) is 0 Å². The lowest BCUT2D eigenvalue weighted by Crippen LogP contribution is -2.11. The molecule has 1 unspecified atom stereocenters. The second-order valence-corrected chi connectivity index (χ2v) is 3.09. The van der Waals surface area contributed by atoms with Gasteiger partial charge >= 0.3 is 0 Å². The highest BCUT2D eigenvalue weighted by Crippen LogP contribution is 2.32. The van der Waals surface area contributed by atoms with Crippen molar-refractivity contribution < 1.29 is 14.6 Å². The number of aliphatic hydroxyl groups is 1. The quantitative estimate of drug-likeness (QED) is 0.729. The number of benzene rings is 1. The fourth-order valence-corrected chi connectivity index (χ4v) is 1.61. The van der Waals surface area contributed by atoms with Gasteiger partial charge in [0.15, 0.2) is 5.78 Å². The molecule has 3 heteroatoms. The van der Waals surface area contributed by atoms with E-state index in [0.717, 1.165) is 0 Å². The lowest BCUT2D eigenvalue weighted by Gasteiger charge is -2.18. The highest BCUT2D eigenvalue weighted by atomic mass is 16.5. The SMILES string of the molecule is COc1cccc2c1C(O)C=CC2=O. The zero-order chi connectivity index (χ0) is 10.1. The van der Waals surface area contributed by atoms with Crippen LogP contribution in [-0.2, 0) is 0 Å². The van der Waals surface area contributed by atoms with Crippen molar-refractivity contribution in [3.8, 4) is 5.75 Å². The monoisotopic (exact) mass is 190 g/mol. The second-order valence-electron chi connectivity index (χ2n) is 3.09. The van der Waals surface area contributed by atoms with E-state index in [1.165, 1.54) is 19.3 Å². The first kappa shape index (κ1) is 8.97. The molecule has 1 aromatic carbocycles. The molecule has 1 atom stereocenters. The Morgan fingerprint density at radius 2 is 2.21 bits per heavy atom. The van der Waals surface area contributed by atoms with Crippen LogP contribution in [0.15, 0.2) is 30.4 Å². The largest absolute Gasteiger partial charge is 0.496 e. The molecule has 0 radical (unpaired) electrons. The van der Waals surface area contributed by atoms with Crippen LogP contribution in [0, 0.1) is 0 Å². The maximum absolute atomic E-state index is 11.4. The van der Waals surface area contributed by atoms with Crippen LogP contribution in [0.3, 0.4) is 0 Å². The van der Waals surface area contributed by atoms with Gasteiger partial charge < -0.3 is 9.84 Å². The van der Waals surface area contributed by atoms with Gasteiger partial charge in [-0.3, -0.25) is 4.79 Å². The Morgan fingerprint density at radius 3 is 2.93 bits per heavy atom. The van der Waals surface area contributed by atoms with Crippen LogP contribution in [0.2, 0.25) is 0 Å². The van der Waals surface area contributed by atoms with Crippen molar-refractivity contribution in [2.45, 2.75) is 6.10 Å². The Hall–Kier alpha value is -1.61. The molecular formula is C11H10O3. The molecule has 0 saturated heterocycles. The number of ketones is 1. The van der Waals surface area contributed by atoms with Crippen molar-refractivity contribution >= 4 is 5.78 Å². The Labute approximate surface area is 81.6 Å². The number of allylic oxidation sites excluding steroid dienone is 1. The fourth-order valence-electron chi connectivity index (χ4n) is 1.61. The molecule has 0 bridgehead atoms. The molecule has 2 rings (SSSR count). The fraction of sp³-hybridized carbons (Fsp3) is 0.182. The van der Waals surface area contributed by atoms with Crippen molar-refractivity contribution in [3.63, 3.8) is 0 Å². The molecule has 1 aromatic rings. The van der Waals surface area contributed by atoms with Gasteiger partial charge in [0, 0.05) is 11.1 Å². The number of methoxy groups -OCH3 is 1. The maximum Gasteiger partial charge on any atom is 0.186 e. The average Bonchev–Trinajstić information content (AvgIpc) is 2.23. The predicted octanol–water partition coefficient (Wildman–Crippen LogP) is 1.48. The summed E-state index contributed by atoms with van der Waals surface area (Å²) in [6, 6.07) is 5.16. The molecule has 0 amide bonds. The minimum atomic E-state index is -0.751. The summed E-state index contributed by atoms with van der Waals surface area (Å²) in [7, 11) is 1.52. The molecule has 1 N–H and O–H groups in total. The summed E-state index contributed by atoms with van der Waals surface area (Å²) in [5, 5.41) is 9.67. The molecule has 0 saturated carbocycles. The molecule has 0 heterocycles. The van der Waals surface area contributed by atoms with Crippen LogP contribution in [0.1, 0.15) is 22.0 Å². The number of hydrogen-bond donors (Lipinski definition) is 1. The summed E-state index contributed by atoms with van der Waals surface area (Å²) >= 11 is 0. The molecule has 0 aliphatic heterocycles. The van der Waals surface area contributed by atoms with Gasteiger partial charge in [-0.05, 0) is 18.2 Å². The molecule has 14 heavy (non-hydrogen) atoms. The predicted molar refractivity (Wildman–Crippen MR) is 51.4 cm³/mol. The van der Waals surface area contributed by atoms with E-state index in [4.69, 9.17) is 4.74 Å². The van der Waals surface area contributed by atoms with Gasteiger partial charge in [0.25, 0.3) is 0 Å². The third-order valence-corrected chi connectivity index (χ3v) is 2.28. The van der Waals surface area contributed by atoms with Gasteiger partial charge in [0.2, 0.25) is 0 Å². The standard InChI is InChI=1S/C11H10O3/c1-14-10-4-2-3-7-8(12)5-6-9(13)11(7)10/h2-6,9,13H,1H3. The van der Waals surface area contributed by atoms with Crippen molar-refractivity contribution in [2.75, 3.05) is 7.11 Å². The maximum atomic E-state index is 11.4. The highest BCUT2D eigenvalue weighted by molar-refractivity contribution is 6.07. The summed E-state index contributed by atoms with van der Waals surface area (Å²) in [6.45, 7) is 0. The normalized spacial score (nSPS) is 19.3. The second kappa shape index (κ2) is 3.27. The topological polar surface area (TPSA) is 46.5 Å². The Balaban J connectivity index is 2.64. The molecule has 3 nitrogen and oxygen atoms in total. The third kappa shape index (κ3) is 1.22. The number of hydrogen-bond acceptors (Lipinski definition) is 3. The van der Waals surface area contributed by atoms with E-state index in [2.05, 4.69) is 0 Å². The lowest BCUT2D eigenvalue weighted by molar-refractivity contribution is 0.103. The van der Waals surface area contributed by atoms with Crippen LogP contribution >= 0.6 is 0 Å². The van der Waals surface area contributed by atoms with E-state index in [-0.39, 0.29) is 5.78 Å². The zero-order valence-corrected chi connectivity index (χ0v) is 7.73. The number of carbonyl (C=O) groups excluding carboxylic acids is 1. The first-order chi connectivity index (χ1) is 6.74. The highest BCUT2D eigenvalue weighted by Gasteiger charge is 2.22. The lowest BCUT2D eigenvalue weighted by atomic mass is 9.93. The number of aliphatic hydroxyl groups excluding tert-OH is 1. The van der Waals surface area contributed by atoms with Gasteiger partial charge in [-0.2, -0.15) is 0 Å². The summed E-state index contributed by atoms with van der Waals surface area (Å²) in [5.41, 5.74) is 1.07. The minimum Gasteiger partial charge on any atom is -0.496 e. The van der Waals surface area contributed by atoms with Crippen molar-refractivity contribution in [3.05, 3.63) is 41.5 Å². The van der Waals surface area contributed by atoms with Gasteiger partial charge in [-0.1, -0.05) is 12.1 Å². The van der Waals surface area contributed by atoms with Crippen LogP contribution in [0.25, 0.3) is 0 Å². The summed E-state index contributed by atoms with van der Waals surface area (Å²) < 4.78 is 5.09. The van der Waals surface area contributed by atoms with Gasteiger partial charge in [0.1, 0.15) is 11.9 Å². The van der Waals surface area contributed by atoms with Gasteiger partial charge in [-0.15, -0.1) is 0 Å². The molecule has 1 aliphatic rings. The van der Waals surface area contributed by atoms with Gasteiger partial charge in [-0.25, -0.2) is 0 Å². The number of ether oxygens (including phenoxy) is 1. The third-order valence-electron chi connectivity index (χ3n) is 2.28. The molecule has 0 fully saturated rings. The minimum absolute atomic E-state index is 0.0933. The van der Waals surface area contributed by atoms with E-state index in [9.17, 15) is 9.90 Å². The first-order valence-corrected chi connectivity index (χ1v) is 4.31. The summed E-state index contributed by atoms with van der Waals surface area (Å²) in [4.78, 5) is 11.4. The van der Waals surface area contributed by atoms with E-state index < -0.39 is 6.10 Å². The Kier molecular flexibility index (Phi) is 2.09. The van der Waals surface area contributed by atoms with Crippen molar-refractivity contribution in [1.29, 1.82) is 0 Å². The molecule has 72 valence electrons. The van der Waals surface area contributed by atoms with Crippen molar-refractivity contribution in [2.24, 2.45) is 0 Å². The Morgan fingerprint density at radius 1 is 1.43 bits per heavy atom. The average molecular weight is 190 g/mol. The van der Waals surface area contributed by atoms with Crippen molar-refractivity contribution in [1.82, 2.24) is 0 Å². The van der Waals surface area contributed by atoms with E-state index in [1.54, 1.807) is 18.2 Å². The molecule has 1 aliphatic carbocycles. The summed E-state index contributed by atoms with van der Waals surface area (Å²) in [5.74, 6) is 0.455. The zero-order valence-electron chi connectivity index (χ0n) is 7.73. The van der Waals surface area contributed by atoms with E-state index >= 15 is 0 Å². The van der Waals surface area contributed by atoms with E-state index in [0.29, 0.717) is 16.9 Å². The number of rotatable bonds is 1. The van der Waals surface area contributed by atoms with E-state index in [1.807, 2.05) is 0 Å². The number of fused-ring (bicyclic) bond motifs is 1. The van der Waals surface area contributed by atoms with Crippen LogP contribution in [0.5, 0.6) is 5.75 Å². The molecule has 0 aromatic heterocycles. The van der Waals surface area contributed by atoms with Crippen LogP contribution < -0.4 is 4.74 Å². The van der Waals surface area contributed by atoms with Crippen LogP contribution in [-0.4, -0.2) is 18.0 Å². The molecular weight excluding hydrogens is 180 g/mol.